The third kappa shape index (κ3) is 3.80. The van der Waals surface area contributed by atoms with Crippen molar-refractivity contribution in [3.8, 4) is 0 Å². The van der Waals surface area contributed by atoms with E-state index in [4.69, 9.17) is 11.6 Å². The highest BCUT2D eigenvalue weighted by atomic mass is 35.5. The minimum absolute atomic E-state index is 0.535. The Kier molecular flexibility index (Phi) is 5.30. The molecule has 2 heteroatoms. The third-order valence-electron chi connectivity index (χ3n) is 2.90. The van der Waals surface area contributed by atoms with Gasteiger partial charge in [-0.3, -0.25) is 0 Å². The highest BCUT2D eigenvalue weighted by Crippen LogP contribution is 2.16. The first-order chi connectivity index (χ1) is 7.54. The quantitative estimate of drug-likeness (QED) is 0.775. The predicted molar refractivity (Wildman–Crippen MR) is 72.2 cm³/mol. The van der Waals surface area contributed by atoms with Crippen molar-refractivity contribution in [1.82, 2.24) is 5.32 Å². The van der Waals surface area contributed by atoms with E-state index in [0.717, 1.165) is 19.0 Å². The topological polar surface area (TPSA) is 12.0 Å². The van der Waals surface area contributed by atoms with E-state index in [-0.39, 0.29) is 0 Å². The van der Waals surface area contributed by atoms with Gasteiger partial charge < -0.3 is 5.32 Å². The fourth-order valence-corrected chi connectivity index (χ4v) is 2.10. The number of hydrogen-bond acceptors (Lipinski definition) is 1. The molecule has 0 heterocycles. The Bertz CT molecular complexity index is 324. The van der Waals surface area contributed by atoms with E-state index in [2.05, 4.69) is 45.1 Å². The second-order valence-electron chi connectivity index (χ2n) is 4.77. The molecule has 1 unspecified atom stereocenters. The number of alkyl halides is 1. The second kappa shape index (κ2) is 6.27. The average Bonchev–Trinajstić information content (AvgIpc) is 2.21. The molecule has 0 saturated carbocycles. The van der Waals surface area contributed by atoms with Gasteiger partial charge in [0.15, 0.2) is 0 Å². The van der Waals surface area contributed by atoms with Crippen LogP contribution in [0.5, 0.6) is 0 Å². The van der Waals surface area contributed by atoms with Crippen LogP contribution in [-0.2, 0) is 6.54 Å². The summed E-state index contributed by atoms with van der Waals surface area (Å²) in [6, 6.07) is 4.49. The van der Waals surface area contributed by atoms with Crippen molar-refractivity contribution in [3.05, 3.63) is 34.4 Å². The van der Waals surface area contributed by atoms with Gasteiger partial charge in [0.25, 0.3) is 0 Å². The van der Waals surface area contributed by atoms with Gasteiger partial charge in [0, 0.05) is 12.4 Å². The minimum Gasteiger partial charge on any atom is -0.312 e. The molecular formula is C14H22ClN. The Labute approximate surface area is 104 Å². The molecule has 0 aliphatic carbocycles. The lowest BCUT2D eigenvalue weighted by molar-refractivity contribution is 0.555. The lowest BCUT2D eigenvalue weighted by Gasteiger charge is -2.14. The maximum atomic E-state index is 5.78. The van der Waals surface area contributed by atoms with Crippen molar-refractivity contribution >= 4 is 11.6 Å². The van der Waals surface area contributed by atoms with Gasteiger partial charge in [-0.25, -0.2) is 0 Å². The van der Waals surface area contributed by atoms with Crippen molar-refractivity contribution in [2.75, 3.05) is 12.4 Å². The lowest BCUT2D eigenvalue weighted by Crippen LogP contribution is -2.22. The maximum absolute atomic E-state index is 5.78. The summed E-state index contributed by atoms with van der Waals surface area (Å²) >= 11 is 5.78. The Morgan fingerprint density at radius 2 is 1.75 bits per heavy atom. The Morgan fingerprint density at radius 3 is 2.25 bits per heavy atom. The SMILES string of the molecule is Cc1cc(C)c(CNCC(C)CCl)c(C)c1. The molecule has 90 valence electrons. The van der Waals surface area contributed by atoms with Gasteiger partial charge in [-0.15, -0.1) is 11.6 Å². The summed E-state index contributed by atoms with van der Waals surface area (Å²) in [6.45, 7) is 10.6. The highest BCUT2D eigenvalue weighted by Gasteiger charge is 2.04. The van der Waals surface area contributed by atoms with E-state index in [0.29, 0.717) is 5.92 Å². The normalized spacial score (nSPS) is 12.8. The standard InChI is InChI=1S/C14H22ClN/c1-10-5-12(3)14(13(4)6-10)9-16-8-11(2)7-15/h5-6,11,16H,7-9H2,1-4H3. The van der Waals surface area contributed by atoms with Crippen molar-refractivity contribution in [2.24, 2.45) is 5.92 Å². The molecule has 0 aliphatic heterocycles. The van der Waals surface area contributed by atoms with Crippen LogP contribution in [0.25, 0.3) is 0 Å². The van der Waals surface area contributed by atoms with Crippen molar-refractivity contribution < 1.29 is 0 Å². The number of nitrogens with one attached hydrogen (secondary N) is 1. The van der Waals surface area contributed by atoms with Crippen LogP contribution < -0.4 is 5.32 Å². The van der Waals surface area contributed by atoms with Crippen LogP contribution in [0.1, 0.15) is 29.2 Å². The van der Waals surface area contributed by atoms with Crippen LogP contribution in [0.15, 0.2) is 12.1 Å². The molecule has 0 amide bonds. The molecule has 0 radical (unpaired) electrons. The largest absolute Gasteiger partial charge is 0.312 e. The molecule has 0 aliphatic rings. The first kappa shape index (κ1) is 13.5. The highest BCUT2D eigenvalue weighted by molar-refractivity contribution is 6.18. The van der Waals surface area contributed by atoms with Gasteiger partial charge in [-0.1, -0.05) is 24.6 Å². The van der Waals surface area contributed by atoms with Crippen LogP contribution in [0.4, 0.5) is 0 Å². The van der Waals surface area contributed by atoms with E-state index in [1.807, 2.05) is 0 Å². The Hall–Kier alpha value is -0.530. The zero-order chi connectivity index (χ0) is 12.1. The van der Waals surface area contributed by atoms with E-state index in [1.165, 1.54) is 22.3 Å². The van der Waals surface area contributed by atoms with Gasteiger partial charge in [0.2, 0.25) is 0 Å². The zero-order valence-electron chi connectivity index (χ0n) is 10.7. The average molecular weight is 240 g/mol. The molecule has 1 nitrogen and oxygen atoms in total. The molecule has 0 fully saturated rings. The summed E-state index contributed by atoms with van der Waals surface area (Å²) in [4.78, 5) is 0. The molecule has 1 N–H and O–H groups in total. The molecule has 0 spiro atoms. The molecule has 0 saturated heterocycles. The Morgan fingerprint density at radius 1 is 1.19 bits per heavy atom. The summed E-state index contributed by atoms with van der Waals surface area (Å²) in [5.74, 6) is 1.26. The van der Waals surface area contributed by atoms with Gasteiger partial charge in [-0.05, 0) is 49.9 Å². The maximum Gasteiger partial charge on any atom is 0.0261 e. The summed E-state index contributed by atoms with van der Waals surface area (Å²) in [7, 11) is 0. The molecule has 1 aromatic rings. The summed E-state index contributed by atoms with van der Waals surface area (Å²) < 4.78 is 0. The van der Waals surface area contributed by atoms with Gasteiger partial charge in [0.1, 0.15) is 0 Å². The van der Waals surface area contributed by atoms with E-state index in [9.17, 15) is 0 Å². The van der Waals surface area contributed by atoms with E-state index < -0.39 is 0 Å². The first-order valence-corrected chi connectivity index (χ1v) is 6.41. The van der Waals surface area contributed by atoms with Crippen LogP contribution in [-0.4, -0.2) is 12.4 Å². The Balaban J connectivity index is 2.60. The molecule has 16 heavy (non-hydrogen) atoms. The molecule has 1 rings (SSSR count). The summed E-state index contributed by atoms with van der Waals surface area (Å²) in [6.07, 6.45) is 0. The molecule has 0 aromatic heterocycles. The number of rotatable bonds is 5. The lowest BCUT2D eigenvalue weighted by atomic mass is 10.00. The molecule has 1 aromatic carbocycles. The molecule has 1 atom stereocenters. The molecular weight excluding hydrogens is 218 g/mol. The van der Waals surface area contributed by atoms with Crippen molar-refractivity contribution in [2.45, 2.75) is 34.2 Å². The minimum atomic E-state index is 0.535. The van der Waals surface area contributed by atoms with Crippen LogP contribution in [0.2, 0.25) is 0 Å². The smallest absolute Gasteiger partial charge is 0.0261 e. The number of hydrogen-bond donors (Lipinski definition) is 1. The monoisotopic (exact) mass is 239 g/mol. The van der Waals surface area contributed by atoms with Crippen LogP contribution >= 0.6 is 11.6 Å². The number of halogens is 1. The third-order valence-corrected chi connectivity index (χ3v) is 3.43. The fourth-order valence-electron chi connectivity index (χ4n) is 1.99. The van der Waals surface area contributed by atoms with Gasteiger partial charge in [0.05, 0.1) is 0 Å². The van der Waals surface area contributed by atoms with Gasteiger partial charge >= 0.3 is 0 Å². The number of aryl methyl sites for hydroxylation is 3. The van der Waals surface area contributed by atoms with Crippen molar-refractivity contribution in [1.29, 1.82) is 0 Å². The van der Waals surface area contributed by atoms with Gasteiger partial charge in [-0.2, -0.15) is 0 Å². The summed E-state index contributed by atoms with van der Waals surface area (Å²) in [5.41, 5.74) is 5.52. The fraction of sp³-hybridized carbons (Fsp3) is 0.571. The first-order valence-electron chi connectivity index (χ1n) is 5.88. The predicted octanol–water partition coefficient (Wildman–Crippen LogP) is 3.58. The van der Waals surface area contributed by atoms with E-state index >= 15 is 0 Å². The summed E-state index contributed by atoms with van der Waals surface area (Å²) in [5, 5.41) is 3.47. The molecule has 0 bridgehead atoms. The second-order valence-corrected chi connectivity index (χ2v) is 5.08. The van der Waals surface area contributed by atoms with Crippen molar-refractivity contribution in [3.63, 3.8) is 0 Å². The zero-order valence-corrected chi connectivity index (χ0v) is 11.5. The van der Waals surface area contributed by atoms with E-state index in [1.54, 1.807) is 0 Å². The number of benzene rings is 1. The van der Waals surface area contributed by atoms with Crippen LogP contribution in [0.3, 0.4) is 0 Å². The van der Waals surface area contributed by atoms with Crippen LogP contribution in [0, 0.1) is 26.7 Å².